The Kier molecular flexibility index (Phi) is 4.89. The molecule has 6 atom stereocenters. The molecule has 5 rings (SSSR count). The van der Waals surface area contributed by atoms with E-state index in [0.29, 0.717) is 29.0 Å². The van der Waals surface area contributed by atoms with E-state index in [1.165, 1.54) is 6.33 Å². The fourth-order valence-corrected chi connectivity index (χ4v) is 4.65. The van der Waals surface area contributed by atoms with Crippen molar-refractivity contribution in [3.8, 4) is 0 Å². The third-order valence-electron chi connectivity index (χ3n) is 6.32. The Labute approximate surface area is 172 Å². The Morgan fingerprint density at radius 1 is 1.07 bits per heavy atom. The van der Waals surface area contributed by atoms with E-state index < -0.39 is 30.4 Å². The summed E-state index contributed by atoms with van der Waals surface area (Å²) in [5.74, 6) is 0.550. The van der Waals surface area contributed by atoms with Gasteiger partial charge in [-0.1, -0.05) is 0 Å². The summed E-state index contributed by atoms with van der Waals surface area (Å²) < 4.78 is 3.35. The Hall–Kier alpha value is -2.60. The van der Waals surface area contributed by atoms with Gasteiger partial charge in [-0.2, -0.15) is 5.10 Å². The number of imidazole rings is 1. The smallest absolute Gasteiger partial charge is 0.165 e. The predicted octanol–water partition coefficient (Wildman–Crippen LogP) is -0.252. The van der Waals surface area contributed by atoms with Crippen molar-refractivity contribution in [2.45, 2.75) is 68.7 Å². The lowest BCUT2D eigenvalue weighted by molar-refractivity contribution is 0.00720. The van der Waals surface area contributed by atoms with Crippen LogP contribution in [-0.4, -0.2) is 74.1 Å². The van der Waals surface area contributed by atoms with Crippen molar-refractivity contribution < 1.29 is 20.4 Å². The summed E-state index contributed by atoms with van der Waals surface area (Å²) in [6.45, 7) is -0.136. The first-order valence-electron chi connectivity index (χ1n) is 10.2. The first kappa shape index (κ1) is 19.4. The molecule has 0 aliphatic heterocycles. The van der Waals surface area contributed by atoms with Crippen molar-refractivity contribution in [2.24, 2.45) is 0 Å². The molecule has 3 aromatic rings. The Morgan fingerprint density at radius 3 is 2.63 bits per heavy atom. The highest BCUT2D eigenvalue weighted by Crippen LogP contribution is 2.39. The molecule has 2 saturated carbocycles. The molecule has 0 radical (unpaired) electrons. The number of aliphatic hydroxyl groups is 4. The second kappa shape index (κ2) is 7.58. The summed E-state index contributed by atoms with van der Waals surface area (Å²) in [4.78, 5) is 13.1. The van der Waals surface area contributed by atoms with Gasteiger partial charge in [0.05, 0.1) is 43.4 Å². The largest absolute Gasteiger partial charge is 0.392 e. The lowest BCUT2D eigenvalue weighted by atomic mass is 10.2. The van der Waals surface area contributed by atoms with E-state index in [1.807, 2.05) is 0 Å². The minimum atomic E-state index is -1.03. The van der Waals surface area contributed by atoms with Crippen LogP contribution >= 0.6 is 0 Å². The zero-order chi connectivity index (χ0) is 20.8. The van der Waals surface area contributed by atoms with Crippen LogP contribution in [0.4, 0.5) is 5.82 Å². The van der Waals surface area contributed by atoms with Gasteiger partial charge in [0, 0.05) is 11.8 Å². The van der Waals surface area contributed by atoms with Crippen LogP contribution in [0.3, 0.4) is 0 Å². The molecule has 0 bridgehead atoms. The van der Waals surface area contributed by atoms with Crippen LogP contribution in [0.15, 0.2) is 25.0 Å². The van der Waals surface area contributed by atoms with Crippen molar-refractivity contribution in [2.75, 3.05) is 5.32 Å². The summed E-state index contributed by atoms with van der Waals surface area (Å²) in [5.41, 5.74) is 1.75. The number of fused-ring (bicyclic) bond motifs is 1. The zero-order valence-corrected chi connectivity index (χ0v) is 16.3. The van der Waals surface area contributed by atoms with Crippen LogP contribution in [0.1, 0.15) is 43.3 Å². The lowest BCUT2D eigenvalue weighted by Crippen LogP contribution is -2.30. The van der Waals surface area contributed by atoms with E-state index in [2.05, 4.69) is 25.4 Å². The maximum atomic E-state index is 10.7. The summed E-state index contributed by atoms with van der Waals surface area (Å²) >= 11 is 0. The normalized spacial score (nSPS) is 31.6. The molecule has 5 N–H and O–H groups in total. The van der Waals surface area contributed by atoms with Gasteiger partial charge in [0.1, 0.15) is 24.1 Å². The SMILES string of the molecule is OCc1cnn(C2CC(n3cnc4c(N[C@H]5CCC[C@@H]5O)ncnc43)C(O)C2O)c1. The quantitative estimate of drug-likeness (QED) is 0.379. The topological polar surface area (TPSA) is 154 Å². The Morgan fingerprint density at radius 2 is 1.90 bits per heavy atom. The zero-order valence-electron chi connectivity index (χ0n) is 16.3. The van der Waals surface area contributed by atoms with Crippen molar-refractivity contribution in [3.05, 3.63) is 30.6 Å². The lowest BCUT2D eigenvalue weighted by Gasteiger charge is -2.19. The minimum absolute atomic E-state index is 0.0722. The number of aromatic nitrogens is 6. The summed E-state index contributed by atoms with van der Waals surface area (Å²) in [7, 11) is 0. The van der Waals surface area contributed by atoms with E-state index in [4.69, 9.17) is 0 Å². The third kappa shape index (κ3) is 3.14. The molecule has 0 saturated heterocycles. The average molecular weight is 415 g/mol. The van der Waals surface area contributed by atoms with E-state index >= 15 is 0 Å². The third-order valence-corrected chi connectivity index (χ3v) is 6.32. The predicted molar refractivity (Wildman–Crippen MR) is 105 cm³/mol. The van der Waals surface area contributed by atoms with Gasteiger partial charge in [-0.05, 0) is 25.7 Å². The molecule has 30 heavy (non-hydrogen) atoms. The van der Waals surface area contributed by atoms with Crippen LogP contribution in [0.5, 0.6) is 0 Å². The maximum absolute atomic E-state index is 10.7. The molecule has 2 fully saturated rings. The van der Waals surface area contributed by atoms with Crippen molar-refractivity contribution in [1.82, 2.24) is 29.3 Å². The van der Waals surface area contributed by atoms with Gasteiger partial charge in [-0.25, -0.2) is 15.0 Å². The highest BCUT2D eigenvalue weighted by Gasteiger charge is 2.44. The fraction of sp³-hybridized carbons (Fsp3) is 0.579. The van der Waals surface area contributed by atoms with Gasteiger partial charge < -0.3 is 30.3 Å². The van der Waals surface area contributed by atoms with Gasteiger partial charge in [0.2, 0.25) is 0 Å². The molecular weight excluding hydrogens is 390 g/mol. The second-order valence-corrected chi connectivity index (χ2v) is 8.13. The maximum Gasteiger partial charge on any atom is 0.165 e. The van der Waals surface area contributed by atoms with Crippen molar-refractivity contribution in [3.63, 3.8) is 0 Å². The molecule has 0 aromatic carbocycles. The van der Waals surface area contributed by atoms with Crippen LogP contribution < -0.4 is 5.32 Å². The standard InChI is InChI=1S/C19H25N7O4/c27-7-10-5-23-26(6-10)13-4-12(16(29)17(13)30)25-9-22-15-18(20-8-21-19(15)25)24-11-2-1-3-14(11)28/h5-6,8-9,11-14,16-17,27-30H,1-4,7H2,(H,20,21,24)/t11-,12?,13?,14-,16?,17?/m0/s1. The molecule has 2 aliphatic rings. The first-order valence-corrected chi connectivity index (χ1v) is 10.2. The van der Waals surface area contributed by atoms with Gasteiger partial charge in [0.25, 0.3) is 0 Å². The molecule has 11 heteroatoms. The second-order valence-electron chi connectivity index (χ2n) is 8.13. The van der Waals surface area contributed by atoms with Gasteiger partial charge >= 0.3 is 0 Å². The molecule has 3 heterocycles. The van der Waals surface area contributed by atoms with E-state index in [1.54, 1.807) is 28.0 Å². The number of nitrogens with one attached hydrogen (secondary N) is 1. The number of hydrogen-bond acceptors (Lipinski definition) is 9. The van der Waals surface area contributed by atoms with Crippen LogP contribution in [0, 0.1) is 0 Å². The highest BCUT2D eigenvalue weighted by atomic mass is 16.3. The van der Waals surface area contributed by atoms with E-state index in [-0.39, 0.29) is 12.6 Å². The summed E-state index contributed by atoms with van der Waals surface area (Å²) in [5, 5.41) is 48.2. The number of aliphatic hydroxyl groups excluding tert-OH is 4. The van der Waals surface area contributed by atoms with Crippen LogP contribution in [-0.2, 0) is 6.61 Å². The fourth-order valence-electron chi connectivity index (χ4n) is 4.65. The molecule has 0 spiro atoms. The Balaban J connectivity index is 1.44. The number of rotatable bonds is 5. The molecule has 0 amide bonds. The molecule has 2 aliphatic carbocycles. The summed E-state index contributed by atoms with van der Waals surface area (Å²) in [6.07, 6.45) is 6.79. The van der Waals surface area contributed by atoms with Crippen molar-refractivity contribution in [1.29, 1.82) is 0 Å². The van der Waals surface area contributed by atoms with Gasteiger partial charge in [0.15, 0.2) is 11.5 Å². The number of hydrogen-bond donors (Lipinski definition) is 5. The molecule has 4 unspecified atom stereocenters. The van der Waals surface area contributed by atoms with Crippen LogP contribution in [0.2, 0.25) is 0 Å². The molecule has 3 aromatic heterocycles. The van der Waals surface area contributed by atoms with E-state index in [0.717, 1.165) is 19.3 Å². The number of nitrogens with zero attached hydrogens (tertiary/aromatic N) is 6. The molecule has 160 valence electrons. The first-order chi connectivity index (χ1) is 14.6. The monoisotopic (exact) mass is 415 g/mol. The minimum Gasteiger partial charge on any atom is -0.392 e. The van der Waals surface area contributed by atoms with Crippen molar-refractivity contribution >= 4 is 17.0 Å². The number of anilines is 1. The average Bonchev–Trinajstić information content (AvgIpc) is 3.52. The molecule has 11 nitrogen and oxygen atoms in total. The van der Waals surface area contributed by atoms with E-state index in [9.17, 15) is 20.4 Å². The van der Waals surface area contributed by atoms with Gasteiger partial charge in [-0.3, -0.25) is 4.68 Å². The van der Waals surface area contributed by atoms with Crippen LogP contribution in [0.25, 0.3) is 11.2 Å². The Bertz CT molecular complexity index is 1040. The highest BCUT2D eigenvalue weighted by molar-refractivity contribution is 5.83. The summed E-state index contributed by atoms with van der Waals surface area (Å²) in [6, 6.07) is -0.954. The molecular formula is C19H25N7O4. The van der Waals surface area contributed by atoms with Gasteiger partial charge in [-0.15, -0.1) is 0 Å².